The molecule has 0 bridgehead atoms. The molecule has 0 saturated carbocycles. The average Bonchev–Trinajstić information content (AvgIpc) is 3.20. The van der Waals surface area contributed by atoms with Gasteiger partial charge < -0.3 is 9.47 Å². The van der Waals surface area contributed by atoms with Crippen LogP contribution >= 0.6 is 11.6 Å². The van der Waals surface area contributed by atoms with Crippen molar-refractivity contribution in [3.05, 3.63) is 94.5 Å². The number of hydrogen-bond donors (Lipinski definition) is 0. The first-order valence-corrected chi connectivity index (χ1v) is 9.63. The molecule has 2 heterocycles. The fraction of sp³-hybridized carbons (Fsp3) is 0.174. The molecule has 0 aromatic heterocycles. The Morgan fingerprint density at radius 2 is 1.71 bits per heavy atom. The summed E-state index contributed by atoms with van der Waals surface area (Å²) in [5, 5.41) is 7.65. The van der Waals surface area contributed by atoms with Crippen LogP contribution in [0, 0.1) is 0 Å². The number of hydrogen-bond acceptors (Lipinski definition) is 4. The van der Waals surface area contributed by atoms with E-state index in [1.54, 1.807) is 7.11 Å². The summed E-state index contributed by atoms with van der Waals surface area (Å²) in [5.41, 5.74) is 4.14. The van der Waals surface area contributed by atoms with E-state index < -0.39 is 6.23 Å². The van der Waals surface area contributed by atoms with Crippen LogP contribution in [0.5, 0.6) is 11.5 Å². The molecule has 0 spiro atoms. The highest BCUT2D eigenvalue weighted by atomic mass is 35.5. The summed E-state index contributed by atoms with van der Waals surface area (Å²) in [6.07, 6.45) is 0.387. The van der Waals surface area contributed by atoms with E-state index in [2.05, 4.69) is 18.2 Å². The van der Waals surface area contributed by atoms with Gasteiger partial charge in [0.15, 0.2) is 11.5 Å². The minimum Gasteiger partial charge on any atom is -0.493 e. The maximum atomic E-state index is 6.52. The Morgan fingerprint density at radius 1 is 0.964 bits per heavy atom. The molecule has 0 aliphatic carbocycles. The molecule has 5 heteroatoms. The van der Waals surface area contributed by atoms with Crippen molar-refractivity contribution >= 4 is 17.3 Å². The highest BCUT2D eigenvalue weighted by molar-refractivity contribution is 6.31. The summed E-state index contributed by atoms with van der Waals surface area (Å²) in [5.74, 6) is 1.49. The third kappa shape index (κ3) is 2.72. The number of rotatable bonds is 3. The van der Waals surface area contributed by atoms with Crippen molar-refractivity contribution in [1.82, 2.24) is 5.01 Å². The Morgan fingerprint density at radius 3 is 2.50 bits per heavy atom. The van der Waals surface area contributed by atoms with E-state index in [0.29, 0.717) is 5.02 Å². The van der Waals surface area contributed by atoms with Gasteiger partial charge in [-0.2, -0.15) is 5.10 Å². The first-order chi connectivity index (χ1) is 13.8. The van der Waals surface area contributed by atoms with Gasteiger partial charge in [0.05, 0.1) is 18.9 Å². The van der Waals surface area contributed by atoms with Gasteiger partial charge in [0.25, 0.3) is 0 Å². The Hall–Kier alpha value is -2.98. The van der Waals surface area contributed by atoms with Gasteiger partial charge in [-0.3, -0.25) is 0 Å². The average molecular weight is 391 g/mol. The second-order valence-corrected chi connectivity index (χ2v) is 7.29. The molecule has 2 atom stereocenters. The Bertz CT molecular complexity index is 1050. The molecule has 4 nitrogen and oxygen atoms in total. The molecule has 140 valence electrons. The summed E-state index contributed by atoms with van der Waals surface area (Å²) in [7, 11) is 1.66. The van der Waals surface area contributed by atoms with Crippen LogP contribution < -0.4 is 9.47 Å². The van der Waals surface area contributed by atoms with E-state index in [1.807, 2.05) is 59.6 Å². The minimum absolute atomic E-state index is 0.0651. The highest BCUT2D eigenvalue weighted by Gasteiger charge is 2.42. The Balaban J connectivity index is 1.65. The predicted octanol–water partition coefficient (Wildman–Crippen LogP) is 5.59. The lowest BCUT2D eigenvalue weighted by Gasteiger charge is -2.38. The molecular formula is C23H19ClN2O2. The van der Waals surface area contributed by atoms with E-state index in [0.717, 1.165) is 40.3 Å². The second kappa shape index (κ2) is 6.88. The summed E-state index contributed by atoms with van der Waals surface area (Å²) in [6, 6.07) is 24.1. The molecule has 2 aliphatic heterocycles. The van der Waals surface area contributed by atoms with Gasteiger partial charge in [0.1, 0.15) is 0 Å². The Labute approximate surface area is 169 Å². The number of methoxy groups -OCH3 is 1. The SMILES string of the molecule is COc1cccc2c1O[C@H](c1ccccc1Cl)N1N=C(c3ccccc3)C[C@@H]21. The molecule has 5 rings (SSSR count). The molecule has 2 aliphatic rings. The molecule has 0 N–H and O–H groups in total. The van der Waals surface area contributed by atoms with Crippen molar-refractivity contribution < 1.29 is 9.47 Å². The number of ether oxygens (including phenoxy) is 2. The number of hydrazone groups is 1. The monoisotopic (exact) mass is 390 g/mol. The fourth-order valence-corrected chi connectivity index (χ4v) is 4.16. The molecule has 0 fully saturated rings. The summed E-state index contributed by atoms with van der Waals surface area (Å²) in [6.45, 7) is 0. The Kier molecular flexibility index (Phi) is 4.21. The molecule has 0 unspecified atom stereocenters. The van der Waals surface area contributed by atoms with Gasteiger partial charge in [-0.25, -0.2) is 5.01 Å². The number of para-hydroxylation sites is 1. The number of nitrogens with zero attached hydrogens (tertiary/aromatic N) is 2. The van der Waals surface area contributed by atoms with Crippen LogP contribution in [0.25, 0.3) is 0 Å². The van der Waals surface area contributed by atoms with E-state index in [-0.39, 0.29) is 6.04 Å². The van der Waals surface area contributed by atoms with Crippen LogP contribution in [0.3, 0.4) is 0 Å². The molecule has 0 saturated heterocycles. The first-order valence-electron chi connectivity index (χ1n) is 9.25. The molecule has 0 radical (unpaired) electrons. The van der Waals surface area contributed by atoms with Crippen molar-refractivity contribution in [3.8, 4) is 11.5 Å². The summed E-state index contributed by atoms with van der Waals surface area (Å²) in [4.78, 5) is 0. The highest BCUT2D eigenvalue weighted by Crippen LogP contribution is 2.51. The largest absolute Gasteiger partial charge is 0.493 e. The van der Waals surface area contributed by atoms with Crippen molar-refractivity contribution in [1.29, 1.82) is 0 Å². The maximum Gasteiger partial charge on any atom is 0.215 e. The zero-order chi connectivity index (χ0) is 19.1. The van der Waals surface area contributed by atoms with E-state index in [9.17, 15) is 0 Å². The molecule has 0 amide bonds. The lowest BCUT2D eigenvalue weighted by Crippen LogP contribution is -2.34. The van der Waals surface area contributed by atoms with Crippen LogP contribution in [-0.4, -0.2) is 17.8 Å². The van der Waals surface area contributed by atoms with Crippen LogP contribution in [-0.2, 0) is 0 Å². The van der Waals surface area contributed by atoms with E-state index >= 15 is 0 Å². The van der Waals surface area contributed by atoms with Gasteiger partial charge >= 0.3 is 0 Å². The van der Waals surface area contributed by atoms with Crippen molar-refractivity contribution in [2.45, 2.75) is 18.7 Å². The van der Waals surface area contributed by atoms with Gasteiger partial charge in [-0.05, 0) is 17.7 Å². The fourth-order valence-electron chi connectivity index (χ4n) is 3.93. The summed E-state index contributed by atoms with van der Waals surface area (Å²) < 4.78 is 12.0. The van der Waals surface area contributed by atoms with Crippen molar-refractivity contribution in [2.24, 2.45) is 5.10 Å². The minimum atomic E-state index is -0.413. The zero-order valence-corrected chi connectivity index (χ0v) is 16.1. The first kappa shape index (κ1) is 17.1. The third-order valence-electron chi connectivity index (χ3n) is 5.28. The van der Waals surface area contributed by atoms with Gasteiger partial charge in [-0.1, -0.05) is 72.3 Å². The zero-order valence-electron chi connectivity index (χ0n) is 15.4. The van der Waals surface area contributed by atoms with Gasteiger partial charge in [0, 0.05) is 22.6 Å². The van der Waals surface area contributed by atoms with Crippen molar-refractivity contribution in [2.75, 3.05) is 7.11 Å². The smallest absolute Gasteiger partial charge is 0.215 e. The van der Waals surface area contributed by atoms with Crippen LogP contribution in [0.1, 0.15) is 35.4 Å². The quantitative estimate of drug-likeness (QED) is 0.584. The lowest BCUT2D eigenvalue weighted by atomic mass is 9.95. The number of benzene rings is 3. The van der Waals surface area contributed by atoms with Gasteiger partial charge in [-0.15, -0.1) is 0 Å². The van der Waals surface area contributed by atoms with Gasteiger partial charge in [0.2, 0.25) is 6.23 Å². The lowest BCUT2D eigenvalue weighted by molar-refractivity contribution is -0.0208. The van der Waals surface area contributed by atoms with Crippen LogP contribution in [0.15, 0.2) is 77.9 Å². The topological polar surface area (TPSA) is 34.1 Å². The number of fused-ring (bicyclic) bond motifs is 3. The normalized spacial score (nSPS) is 20.1. The molecule has 3 aromatic rings. The predicted molar refractivity (Wildman–Crippen MR) is 110 cm³/mol. The summed E-state index contributed by atoms with van der Waals surface area (Å²) >= 11 is 6.52. The second-order valence-electron chi connectivity index (χ2n) is 6.88. The molecule has 3 aromatic carbocycles. The van der Waals surface area contributed by atoms with E-state index in [1.165, 1.54) is 0 Å². The molecule has 28 heavy (non-hydrogen) atoms. The third-order valence-corrected chi connectivity index (χ3v) is 5.62. The van der Waals surface area contributed by atoms with E-state index in [4.69, 9.17) is 26.2 Å². The van der Waals surface area contributed by atoms with Crippen LogP contribution in [0.4, 0.5) is 0 Å². The standard InChI is InChI=1S/C23H19ClN2O2/c1-27-21-13-7-11-17-20-14-19(15-8-3-2-4-9-15)25-26(20)23(28-22(17)21)16-10-5-6-12-18(16)24/h2-13,20,23H,14H2,1H3/t20-,23+/m0/s1. The maximum absolute atomic E-state index is 6.52. The van der Waals surface area contributed by atoms with Crippen LogP contribution in [0.2, 0.25) is 5.02 Å². The number of halogens is 1. The van der Waals surface area contributed by atoms with Crippen molar-refractivity contribution in [3.63, 3.8) is 0 Å². The molecular weight excluding hydrogens is 372 g/mol.